The van der Waals surface area contributed by atoms with Gasteiger partial charge in [0.25, 0.3) is 0 Å². The predicted octanol–water partition coefficient (Wildman–Crippen LogP) is 2.77. The van der Waals surface area contributed by atoms with E-state index in [1.165, 1.54) is 0 Å². The van der Waals surface area contributed by atoms with Gasteiger partial charge in [0, 0.05) is 12.6 Å². The van der Waals surface area contributed by atoms with Crippen LogP contribution in [-0.2, 0) is 10.0 Å². The quantitative estimate of drug-likeness (QED) is 0.849. The molecule has 2 atom stereocenters. The van der Waals surface area contributed by atoms with Gasteiger partial charge in [-0.2, -0.15) is 4.31 Å². The van der Waals surface area contributed by atoms with E-state index in [2.05, 4.69) is 20.8 Å². The Morgan fingerprint density at radius 1 is 1.25 bits per heavy atom. The zero-order valence-electron chi connectivity index (χ0n) is 13.4. The fourth-order valence-corrected chi connectivity index (χ4v) is 4.86. The molecule has 20 heavy (non-hydrogen) atoms. The molecular weight excluding hydrogens is 274 g/mol. The van der Waals surface area contributed by atoms with Gasteiger partial charge >= 0.3 is 0 Å². The molecule has 1 aliphatic rings. The Hall–Kier alpha value is -0.130. The molecule has 1 fully saturated rings. The van der Waals surface area contributed by atoms with Crippen LogP contribution in [0.25, 0.3) is 0 Å². The van der Waals surface area contributed by atoms with Gasteiger partial charge in [-0.1, -0.05) is 33.6 Å². The van der Waals surface area contributed by atoms with Gasteiger partial charge in [0.1, 0.15) is 0 Å². The molecule has 1 heterocycles. The summed E-state index contributed by atoms with van der Waals surface area (Å²) in [6, 6.07) is -0.0255. The van der Waals surface area contributed by atoms with E-state index >= 15 is 0 Å². The second kappa shape index (κ2) is 7.23. The SMILES string of the molecule is CC(O)CC1CCCCCN1S(=O)(=O)CCC(C)(C)C. The van der Waals surface area contributed by atoms with Crippen molar-refractivity contribution in [2.45, 2.75) is 78.4 Å². The van der Waals surface area contributed by atoms with Crippen LogP contribution in [0.15, 0.2) is 0 Å². The van der Waals surface area contributed by atoms with Crippen molar-refractivity contribution >= 4 is 10.0 Å². The molecule has 4 nitrogen and oxygen atoms in total. The van der Waals surface area contributed by atoms with Crippen molar-refractivity contribution in [1.82, 2.24) is 4.31 Å². The molecule has 0 aromatic carbocycles. The molecule has 0 amide bonds. The van der Waals surface area contributed by atoms with Crippen LogP contribution in [0.3, 0.4) is 0 Å². The first kappa shape index (κ1) is 17.9. The molecule has 2 unspecified atom stereocenters. The first-order valence-corrected chi connectivity index (χ1v) is 9.40. The lowest BCUT2D eigenvalue weighted by Crippen LogP contribution is -2.43. The predicted molar refractivity (Wildman–Crippen MR) is 83.1 cm³/mol. The lowest BCUT2D eigenvalue weighted by molar-refractivity contribution is 0.147. The van der Waals surface area contributed by atoms with Gasteiger partial charge in [-0.05, 0) is 38.0 Å². The van der Waals surface area contributed by atoms with Gasteiger partial charge in [-0.15, -0.1) is 0 Å². The van der Waals surface area contributed by atoms with E-state index in [1.807, 2.05) is 0 Å². The van der Waals surface area contributed by atoms with Gasteiger partial charge < -0.3 is 5.11 Å². The van der Waals surface area contributed by atoms with E-state index in [4.69, 9.17) is 0 Å². The Morgan fingerprint density at radius 2 is 1.90 bits per heavy atom. The van der Waals surface area contributed by atoms with E-state index in [-0.39, 0.29) is 17.2 Å². The van der Waals surface area contributed by atoms with Crippen LogP contribution in [0.4, 0.5) is 0 Å². The maximum Gasteiger partial charge on any atom is 0.214 e. The van der Waals surface area contributed by atoms with E-state index in [9.17, 15) is 13.5 Å². The average molecular weight is 305 g/mol. The van der Waals surface area contributed by atoms with Crippen molar-refractivity contribution in [2.75, 3.05) is 12.3 Å². The van der Waals surface area contributed by atoms with Crippen molar-refractivity contribution in [2.24, 2.45) is 5.41 Å². The average Bonchev–Trinajstić information content (AvgIpc) is 2.51. The molecule has 0 saturated carbocycles. The van der Waals surface area contributed by atoms with Crippen LogP contribution in [0.2, 0.25) is 0 Å². The Kier molecular flexibility index (Phi) is 6.48. The maximum absolute atomic E-state index is 12.6. The first-order chi connectivity index (χ1) is 9.12. The minimum Gasteiger partial charge on any atom is -0.393 e. The van der Waals surface area contributed by atoms with Crippen molar-refractivity contribution in [1.29, 1.82) is 0 Å². The third-order valence-corrected chi connectivity index (χ3v) is 5.82. The molecule has 1 saturated heterocycles. The monoisotopic (exact) mass is 305 g/mol. The van der Waals surface area contributed by atoms with Crippen LogP contribution in [-0.4, -0.2) is 42.3 Å². The molecule has 1 N–H and O–H groups in total. The van der Waals surface area contributed by atoms with Gasteiger partial charge in [0.05, 0.1) is 11.9 Å². The Balaban J connectivity index is 2.80. The topological polar surface area (TPSA) is 57.6 Å². The lowest BCUT2D eigenvalue weighted by Gasteiger charge is -2.31. The summed E-state index contributed by atoms with van der Waals surface area (Å²) in [5.74, 6) is 0.215. The third kappa shape index (κ3) is 6.10. The molecule has 1 aliphatic heterocycles. The maximum atomic E-state index is 12.6. The van der Waals surface area contributed by atoms with Crippen LogP contribution in [0.5, 0.6) is 0 Å². The van der Waals surface area contributed by atoms with E-state index < -0.39 is 16.1 Å². The highest BCUT2D eigenvalue weighted by Crippen LogP contribution is 2.26. The van der Waals surface area contributed by atoms with Crippen molar-refractivity contribution in [3.05, 3.63) is 0 Å². The van der Waals surface area contributed by atoms with Gasteiger partial charge in [-0.3, -0.25) is 0 Å². The second-order valence-corrected chi connectivity index (χ2v) is 9.37. The smallest absolute Gasteiger partial charge is 0.214 e. The molecule has 0 aromatic heterocycles. The number of aliphatic hydroxyl groups is 1. The van der Waals surface area contributed by atoms with Crippen LogP contribution < -0.4 is 0 Å². The van der Waals surface area contributed by atoms with E-state index in [1.54, 1.807) is 11.2 Å². The number of aliphatic hydroxyl groups excluding tert-OH is 1. The van der Waals surface area contributed by atoms with E-state index in [0.29, 0.717) is 19.4 Å². The van der Waals surface area contributed by atoms with Crippen molar-refractivity contribution in [3.63, 3.8) is 0 Å². The molecule has 0 spiro atoms. The molecule has 5 heteroatoms. The minimum atomic E-state index is -3.21. The third-order valence-electron chi connectivity index (χ3n) is 3.90. The highest BCUT2D eigenvalue weighted by atomic mass is 32.2. The summed E-state index contributed by atoms with van der Waals surface area (Å²) in [6.45, 7) is 8.56. The summed E-state index contributed by atoms with van der Waals surface area (Å²) in [4.78, 5) is 0. The summed E-state index contributed by atoms with van der Waals surface area (Å²) in [5, 5.41) is 9.62. The van der Waals surface area contributed by atoms with Crippen molar-refractivity contribution < 1.29 is 13.5 Å². The second-order valence-electron chi connectivity index (χ2n) is 7.33. The van der Waals surface area contributed by atoms with Gasteiger partial charge in [0.2, 0.25) is 10.0 Å². The van der Waals surface area contributed by atoms with Crippen LogP contribution >= 0.6 is 0 Å². The standard InChI is InChI=1S/C15H31NO3S/c1-13(17)12-14-8-6-5-7-10-16(14)20(18,19)11-9-15(2,3)4/h13-14,17H,5-12H2,1-4H3. The molecule has 1 rings (SSSR count). The molecular formula is C15H31NO3S. The van der Waals surface area contributed by atoms with Gasteiger partial charge in [-0.25, -0.2) is 8.42 Å². The Labute approximate surface area is 124 Å². The number of hydrogen-bond donors (Lipinski definition) is 1. The number of sulfonamides is 1. The highest BCUT2D eigenvalue weighted by Gasteiger charge is 2.32. The number of nitrogens with zero attached hydrogens (tertiary/aromatic N) is 1. The Morgan fingerprint density at radius 3 is 2.45 bits per heavy atom. The fourth-order valence-electron chi connectivity index (χ4n) is 2.70. The molecule has 120 valence electrons. The molecule has 0 radical (unpaired) electrons. The minimum absolute atomic E-state index is 0.0255. The summed E-state index contributed by atoms with van der Waals surface area (Å²) in [7, 11) is -3.21. The van der Waals surface area contributed by atoms with Gasteiger partial charge in [0.15, 0.2) is 0 Å². The summed E-state index contributed by atoms with van der Waals surface area (Å²) < 4.78 is 26.9. The van der Waals surface area contributed by atoms with Crippen LogP contribution in [0.1, 0.15) is 66.2 Å². The normalized spacial score (nSPS) is 24.4. The number of rotatable bonds is 5. The summed E-state index contributed by atoms with van der Waals surface area (Å²) in [5.41, 5.74) is 0.0265. The summed E-state index contributed by atoms with van der Waals surface area (Å²) >= 11 is 0. The van der Waals surface area contributed by atoms with Crippen molar-refractivity contribution in [3.8, 4) is 0 Å². The molecule has 0 aliphatic carbocycles. The van der Waals surface area contributed by atoms with Crippen LogP contribution in [0, 0.1) is 5.41 Å². The molecule has 0 bridgehead atoms. The first-order valence-electron chi connectivity index (χ1n) is 7.79. The zero-order valence-corrected chi connectivity index (χ0v) is 14.2. The largest absolute Gasteiger partial charge is 0.393 e. The lowest BCUT2D eigenvalue weighted by atomic mass is 9.94. The Bertz CT molecular complexity index is 384. The summed E-state index contributed by atoms with van der Waals surface area (Å²) in [6.07, 6.45) is 4.73. The zero-order chi connectivity index (χ0) is 15.4. The highest BCUT2D eigenvalue weighted by molar-refractivity contribution is 7.89. The fraction of sp³-hybridized carbons (Fsp3) is 1.00. The number of hydrogen-bond acceptors (Lipinski definition) is 3. The molecule has 0 aromatic rings. The van der Waals surface area contributed by atoms with E-state index in [0.717, 1.165) is 25.7 Å².